The van der Waals surface area contributed by atoms with Gasteiger partial charge >= 0.3 is 5.97 Å². The molecule has 1 aliphatic rings. The Kier molecular flexibility index (Phi) is 10.7. The van der Waals surface area contributed by atoms with Gasteiger partial charge in [-0.2, -0.15) is 0 Å². The molecule has 0 unspecified atom stereocenters. The zero-order valence-electron chi connectivity index (χ0n) is 22.3. The molecule has 5 heteroatoms. The van der Waals surface area contributed by atoms with Crippen molar-refractivity contribution in [3.05, 3.63) is 76.9 Å². The molecule has 2 aromatic rings. The van der Waals surface area contributed by atoms with E-state index in [1.165, 1.54) is 17.2 Å². The molecule has 0 spiro atoms. The highest BCUT2D eigenvalue weighted by atomic mass is 16.5. The van der Waals surface area contributed by atoms with Crippen molar-refractivity contribution in [2.45, 2.75) is 77.5 Å². The lowest BCUT2D eigenvalue weighted by atomic mass is 9.88. The molecule has 3 rings (SSSR count). The van der Waals surface area contributed by atoms with Gasteiger partial charge in [0.1, 0.15) is 0 Å². The number of hydrogen-bond donors (Lipinski definition) is 2. The van der Waals surface area contributed by atoms with Crippen molar-refractivity contribution in [1.82, 2.24) is 5.32 Å². The minimum Gasteiger partial charge on any atom is -0.463 e. The minimum absolute atomic E-state index is 0.0685. The maximum atomic E-state index is 11.8. The number of ether oxygens (including phenoxy) is 2. The fraction of sp³-hybridized carbons (Fsp3) is 0.516. The highest BCUT2D eigenvalue weighted by molar-refractivity contribution is 5.87. The van der Waals surface area contributed by atoms with Crippen LogP contribution in [0.15, 0.2) is 54.6 Å². The van der Waals surface area contributed by atoms with Crippen LogP contribution in [0.25, 0.3) is 6.08 Å². The van der Waals surface area contributed by atoms with Crippen LogP contribution in [0.4, 0.5) is 0 Å². The predicted molar refractivity (Wildman–Crippen MR) is 146 cm³/mol. The van der Waals surface area contributed by atoms with Crippen LogP contribution >= 0.6 is 0 Å². The molecular formula is C31H43NO4. The normalized spacial score (nSPS) is 15.7. The van der Waals surface area contributed by atoms with E-state index in [1.54, 1.807) is 13.0 Å². The molecule has 0 radical (unpaired) electrons. The van der Waals surface area contributed by atoms with Crippen molar-refractivity contribution in [2.24, 2.45) is 5.92 Å². The number of fused-ring (bicyclic) bond motifs is 1. The predicted octanol–water partition coefficient (Wildman–Crippen LogP) is 5.65. The van der Waals surface area contributed by atoms with Gasteiger partial charge in [0.2, 0.25) is 0 Å². The smallest absolute Gasteiger partial charge is 0.330 e. The van der Waals surface area contributed by atoms with Gasteiger partial charge in [-0.15, -0.1) is 0 Å². The lowest BCUT2D eigenvalue weighted by Crippen LogP contribution is -2.45. The zero-order valence-corrected chi connectivity index (χ0v) is 22.3. The monoisotopic (exact) mass is 493 g/mol. The number of rotatable bonds is 14. The van der Waals surface area contributed by atoms with E-state index < -0.39 is 6.10 Å². The number of β-amino-alcohol motifs (C(OH)–C–C–N with tert-alkyl or cyclic N) is 1. The number of nitrogens with one attached hydrogen (secondary N) is 1. The molecule has 196 valence electrons. The number of aliphatic hydroxyl groups excluding tert-OH is 1. The van der Waals surface area contributed by atoms with Crippen molar-refractivity contribution in [3.8, 4) is 0 Å². The Balaban J connectivity index is 1.51. The Labute approximate surface area is 216 Å². The Morgan fingerprint density at radius 1 is 1.11 bits per heavy atom. The second kappa shape index (κ2) is 13.7. The maximum Gasteiger partial charge on any atom is 0.330 e. The summed E-state index contributed by atoms with van der Waals surface area (Å²) < 4.78 is 11.2. The third kappa shape index (κ3) is 8.58. The third-order valence-corrected chi connectivity index (χ3v) is 6.82. The first-order valence-corrected chi connectivity index (χ1v) is 13.4. The van der Waals surface area contributed by atoms with Gasteiger partial charge in [0.15, 0.2) is 0 Å². The first-order chi connectivity index (χ1) is 17.3. The largest absolute Gasteiger partial charge is 0.463 e. The molecule has 0 heterocycles. The molecule has 5 nitrogen and oxygen atoms in total. The summed E-state index contributed by atoms with van der Waals surface area (Å²) in [4.78, 5) is 11.8. The van der Waals surface area contributed by atoms with Crippen LogP contribution in [-0.2, 0) is 27.1 Å². The van der Waals surface area contributed by atoms with E-state index in [0.717, 1.165) is 43.2 Å². The van der Waals surface area contributed by atoms with E-state index in [1.807, 2.05) is 24.3 Å². The third-order valence-electron chi connectivity index (χ3n) is 6.82. The van der Waals surface area contributed by atoms with Crippen LogP contribution in [0.1, 0.15) is 75.3 Å². The molecule has 0 aliphatic heterocycles. The summed E-state index contributed by atoms with van der Waals surface area (Å²) in [5, 5.41) is 14.3. The molecule has 36 heavy (non-hydrogen) atoms. The zero-order chi connectivity index (χ0) is 26.0. The first-order valence-electron chi connectivity index (χ1n) is 13.4. The van der Waals surface area contributed by atoms with Gasteiger partial charge in [-0.05, 0) is 80.7 Å². The molecule has 2 N–H and O–H groups in total. The molecule has 0 bridgehead atoms. The summed E-state index contributed by atoms with van der Waals surface area (Å²) in [5.41, 5.74) is 4.83. The van der Waals surface area contributed by atoms with Crippen LogP contribution in [0.3, 0.4) is 0 Å². The van der Waals surface area contributed by atoms with Gasteiger partial charge in [0.25, 0.3) is 0 Å². The van der Waals surface area contributed by atoms with Crippen LogP contribution in [0.5, 0.6) is 0 Å². The SMILES string of the molecule is CCC[C@@H](OC[C@H](O)CNC(C)(C)CC1Cc2ccccc2C1)c1ccccc1/C=C/C(=O)OCC. The summed E-state index contributed by atoms with van der Waals surface area (Å²) in [6.45, 7) is 9.43. The Hall–Kier alpha value is -2.47. The quantitative estimate of drug-likeness (QED) is 0.263. The van der Waals surface area contributed by atoms with Crippen LogP contribution in [0.2, 0.25) is 0 Å². The minimum atomic E-state index is -0.605. The number of esters is 1. The Bertz CT molecular complexity index is 975. The average Bonchev–Trinajstić information content (AvgIpc) is 3.26. The van der Waals surface area contributed by atoms with Gasteiger partial charge in [-0.3, -0.25) is 0 Å². The van der Waals surface area contributed by atoms with Crippen molar-refractivity contribution in [3.63, 3.8) is 0 Å². The number of carbonyl (C=O) groups excluding carboxylic acids is 1. The lowest BCUT2D eigenvalue weighted by molar-refractivity contribution is -0.137. The van der Waals surface area contributed by atoms with Crippen LogP contribution in [-0.4, -0.2) is 42.5 Å². The first kappa shape index (κ1) is 28.1. The van der Waals surface area contributed by atoms with Gasteiger partial charge in [-0.25, -0.2) is 4.79 Å². The lowest BCUT2D eigenvalue weighted by Gasteiger charge is -2.31. The molecule has 0 saturated heterocycles. The number of aliphatic hydroxyl groups is 1. The fourth-order valence-electron chi connectivity index (χ4n) is 5.16. The van der Waals surface area contributed by atoms with E-state index in [9.17, 15) is 9.90 Å². The summed E-state index contributed by atoms with van der Waals surface area (Å²) in [6, 6.07) is 16.7. The molecule has 2 aromatic carbocycles. The summed E-state index contributed by atoms with van der Waals surface area (Å²) >= 11 is 0. The van der Waals surface area contributed by atoms with Crippen LogP contribution in [0, 0.1) is 5.92 Å². The fourth-order valence-corrected chi connectivity index (χ4v) is 5.16. The molecule has 0 fully saturated rings. The van der Waals surface area contributed by atoms with E-state index in [4.69, 9.17) is 9.47 Å². The van der Waals surface area contributed by atoms with E-state index in [-0.39, 0.29) is 24.2 Å². The van der Waals surface area contributed by atoms with E-state index >= 15 is 0 Å². The molecule has 0 aromatic heterocycles. The summed E-state index contributed by atoms with van der Waals surface area (Å²) in [5.74, 6) is 0.275. The molecule has 1 aliphatic carbocycles. The van der Waals surface area contributed by atoms with Gasteiger partial charge in [0.05, 0.1) is 25.4 Å². The van der Waals surface area contributed by atoms with Crippen LogP contribution < -0.4 is 5.32 Å². The van der Waals surface area contributed by atoms with Crippen molar-refractivity contribution >= 4 is 12.0 Å². The Morgan fingerprint density at radius 3 is 2.44 bits per heavy atom. The van der Waals surface area contributed by atoms with E-state index in [2.05, 4.69) is 50.4 Å². The van der Waals surface area contributed by atoms with Gasteiger partial charge in [0, 0.05) is 18.2 Å². The molecular weight excluding hydrogens is 450 g/mol. The van der Waals surface area contributed by atoms with Crippen molar-refractivity contribution < 1.29 is 19.4 Å². The maximum absolute atomic E-state index is 11.8. The highest BCUT2D eigenvalue weighted by Crippen LogP contribution is 2.32. The molecule has 2 atom stereocenters. The standard InChI is InChI=1S/C31H43NO4/c1-5-11-29(28-15-10-9-12-24(28)16-17-30(34)35-6-2)36-22-27(33)21-32-31(3,4)20-23-18-25-13-7-8-14-26(25)19-23/h7-10,12-17,23,27,29,32-33H,5-6,11,18-22H2,1-4H3/b17-16+/t27-,29-/m1/s1. The second-order valence-electron chi connectivity index (χ2n) is 10.5. The molecule has 0 saturated carbocycles. The van der Waals surface area contributed by atoms with Gasteiger partial charge < -0.3 is 19.9 Å². The molecule has 0 amide bonds. The summed E-state index contributed by atoms with van der Waals surface area (Å²) in [7, 11) is 0. The van der Waals surface area contributed by atoms with Crippen molar-refractivity contribution in [2.75, 3.05) is 19.8 Å². The highest BCUT2D eigenvalue weighted by Gasteiger charge is 2.28. The average molecular weight is 494 g/mol. The second-order valence-corrected chi connectivity index (χ2v) is 10.5. The summed E-state index contributed by atoms with van der Waals surface area (Å²) in [6.07, 6.45) is 7.59. The number of hydrogen-bond acceptors (Lipinski definition) is 5. The topological polar surface area (TPSA) is 67.8 Å². The van der Waals surface area contributed by atoms with E-state index in [0.29, 0.717) is 19.1 Å². The Morgan fingerprint density at radius 2 is 1.78 bits per heavy atom. The number of benzene rings is 2. The number of carbonyl (C=O) groups is 1. The van der Waals surface area contributed by atoms with Gasteiger partial charge in [-0.1, -0.05) is 61.9 Å². The van der Waals surface area contributed by atoms with Crippen molar-refractivity contribution in [1.29, 1.82) is 0 Å².